The number of amides is 1. The summed E-state index contributed by atoms with van der Waals surface area (Å²) in [6.45, 7) is 7.53. The van der Waals surface area contributed by atoms with Gasteiger partial charge in [0, 0.05) is 12.6 Å². The van der Waals surface area contributed by atoms with Crippen molar-refractivity contribution in [2.45, 2.75) is 45.4 Å². The van der Waals surface area contributed by atoms with Gasteiger partial charge >= 0.3 is 6.09 Å². The lowest BCUT2D eigenvalue weighted by Gasteiger charge is -2.51. The Morgan fingerprint density at radius 2 is 2.14 bits per heavy atom. The number of hydrogen-bond donors (Lipinski definition) is 1. The smallest absolute Gasteiger partial charge is 0.407 e. The summed E-state index contributed by atoms with van der Waals surface area (Å²) in [7, 11) is 0. The maximum absolute atomic E-state index is 11.3. The van der Waals surface area contributed by atoms with E-state index in [1.54, 1.807) is 27.7 Å². The third-order valence-corrected chi connectivity index (χ3v) is 2.12. The highest BCUT2D eigenvalue weighted by Gasteiger charge is 2.31. The van der Waals surface area contributed by atoms with Crippen LogP contribution in [0.15, 0.2) is 0 Å². The van der Waals surface area contributed by atoms with Crippen LogP contribution in [0.2, 0.25) is 0 Å². The number of carbonyl (C=O) groups is 1. The van der Waals surface area contributed by atoms with Crippen molar-refractivity contribution < 1.29 is 9.53 Å². The van der Waals surface area contributed by atoms with Crippen molar-refractivity contribution in [3.63, 3.8) is 0 Å². The molecule has 0 aromatic carbocycles. The highest BCUT2D eigenvalue weighted by molar-refractivity contribution is 5.68. The molecule has 1 amide bonds. The maximum Gasteiger partial charge on any atom is 0.407 e. The van der Waals surface area contributed by atoms with Crippen LogP contribution >= 0.6 is 0 Å². The molecule has 0 aromatic rings. The summed E-state index contributed by atoms with van der Waals surface area (Å²) in [6.07, 6.45) is -0.456. The molecule has 0 radical (unpaired) electrons. The van der Waals surface area contributed by atoms with Gasteiger partial charge in [-0.1, -0.05) is 0 Å². The number of nitrogens with one attached hydrogen (secondary N) is 1. The molecule has 0 aromatic heterocycles. The van der Waals surface area contributed by atoms with Crippen LogP contribution in [0, 0.1) is 5.21 Å². The number of alkyl carbamates (subject to hydrolysis) is 1. The number of hydrogen-bond acceptors (Lipinski definition) is 4. The van der Waals surface area contributed by atoms with Gasteiger partial charge in [-0.05, 0) is 27.7 Å². The summed E-state index contributed by atoms with van der Waals surface area (Å²) in [6, 6.07) is -0.232. The van der Waals surface area contributed by atoms with E-state index in [2.05, 4.69) is 5.32 Å². The maximum atomic E-state index is 11.3. The van der Waals surface area contributed by atoms with E-state index >= 15 is 0 Å². The molecule has 5 nitrogen and oxygen atoms in total. The summed E-state index contributed by atoms with van der Waals surface area (Å²) < 4.78 is 5.06. The molecular formula is C9H17N2O3-. The molecule has 1 rings (SSSR count). The molecular weight excluding hydrogens is 184 g/mol. The van der Waals surface area contributed by atoms with Crippen LogP contribution in [0.5, 0.6) is 0 Å². The van der Waals surface area contributed by atoms with Gasteiger partial charge in [-0.2, -0.15) is 0 Å². The minimum absolute atomic E-state index is 0.0812. The fourth-order valence-corrected chi connectivity index (χ4v) is 1.20. The second-order valence-electron chi connectivity index (χ2n) is 4.59. The first kappa shape index (κ1) is 11.3. The first-order chi connectivity index (χ1) is 6.29. The fraction of sp³-hybridized carbons (Fsp3) is 0.889. The molecule has 1 saturated heterocycles. The van der Waals surface area contributed by atoms with Crippen LogP contribution in [0.3, 0.4) is 0 Å². The summed E-state index contributed by atoms with van der Waals surface area (Å²) in [5.41, 5.74) is -0.492. The number of rotatable bonds is 1. The molecule has 14 heavy (non-hydrogen) atoms. The van der Waals surface area contributed by atoms with Gasteiger partial charge in [0.15, 0.2) is 0 Å². The number of ether oxygens (including phenoxy) is 1. The largest absolute Gasteiger partial charge is 0.785 e. The predicted molar refractivity (Wildman–Crippen MR) is 52.7 cm³/mol. The Bertz CT molecular complexity index is 225. The summed E-state index contributed by atoms with van der Waals surface area (Å²) in [4.78, 5) is 11.3. The van der Waals surface area contributed by atoms with E-state index in [4.69, 9.17) is 4.74 Å². The molecule has 1 aliphatic rings. The van der Waals surface area contributed by atoms with Gasteiger partial charge in [-0.15, -0.1) is 0 Å². The Morgan fingerprint density at radius 1 is 1.57 bits per heavy atom. The second kappa shape index (κ2) is 3.74. The van der Waals surface area contributed by atoms with Crippen molar-refractivity contribution in [2.24, 2.45) is 0 Å². The van der Waals surface area contributed by atoms with E-state index in [-0.39, 0.29) is 12.1 Å². The molecule has 0 aliphatic carbocycles. The topological polar surface area (TPSA) is 64.6 Å². The van der Waals surface area contributed by atoms with Gasteiger partial charge in [0.2, 0.25) is 0 Å². The lowest BCUT2D eigenvalue weighted by molar-refractivity contribution is 0.0360. The average Bonchev–Trinajstić information content (AvgIpc) is 2.00. The van der Waals surface area contributed by atoms with Gasteiger partial charge in [-0.25, -0.2) is 4.79 Å². The lowest BCUT2D eigenvalue weighted by atomic mass is 10.0. The van der Waals surface area contributed by atoms with Crippen LogP contribution in [-0.4, -0.2) is 35.4 Å². The average molecular weight is 201 g/mol. The standard InChI is InChI=1S/C9H17N2O3/c1-6-7(5-11(6)13)10-8(12)14-9(2,3)4/h6-7H,5H2,1-4H3,(H,10,12)/q-1. The molecule has 5 heteroatoms. The van der Waals surface area contributed by atoms with Crippen molar-refractivity contribution in [2.75, 3.05) is 6.54 Å². The zero-order valence-electron chi connectivity index (χ0n) is 9.03. The summed E-state index contributed by atoms with van der Waals surface area (Å²) in [5, 5.41) is 14.4. The number of nitrogens with zero attached hydrogens (tertiary/aromatic N) is 1. The van der Waals surface area contributed by atoms with Crippen LogP contribution < -0.4 is 5.32 Å². The van der Waals surface area contributed by atoms with Crippen molar-refractivity contribution >= 4 is 6.09 Å². The minimum Gasteiger partial charge on any atom is -0.785 e. The molecule has 1 fully saturated rings. The Kier molecular flexibility index (Phi) is 3.01. The molecule has 1 heterocycles. The summed E-state index contributed by atoms with van der Waals surface area (Å²) in [5.74, 6) is 0. The molecule has 1 N–H and O–H groups in total. The van der Waals surface area contributed by atoms with Crippen LogP contribution in [-0.2, 0) is 4.74 Å². The second-order valence-corrected chi connectivity index (χ2v) is 4.59. The number of hydroxylamine groups is 2. The van der Waals surface area contributed by atoms with E-state index in [1.165, 1.54) is 0 Å². The Morgan fingerprint density at radius 3 is 2.50 bits per heavy atom. The molecule has 0 bridgehead atoms. The molecule has 2 atom stereocenters. The van der Waals surface area contributed by atoms with Crippen LogP contribution in [0.25, 0.3) is 0 Å². The lowest BCUT2D eigenvalue weighted by Crippen LogP contribution is -2.63. The van der Waals surface area contributed by atoms with E-state index in [0.717, 1.165) is 5.06 Å². The Hall–Kier alpha value is -0.810. The van der Waals surface area contributed by atoms with Gasteiger partial charge < -0.3 is 20.3 Å². The highest BCUT2D eigenvalue weighted by atomic mass is 16.6. The molecule has 2 unspecified atom stereocenters. The van der Waals surface area contributed by atoms with Crippen molar-refractivity contribution in [3.8, 4) is 0 Å². The molecule has 1 aliphatic heterocycles. The van der Waals surface area contributed by atoms with Gasteiger partial charge in [0.05, 0.1) is 6.04 Å². The third-order valence-electron chi connectivity index (χ3n) is 2.12. The van der Waals surface area contributed by atoms with Crippen molar-refractivity contribution in [3.05, 3.63) is 5.21 Å². The van der Waals surface area contributed by atoms with Gasteiger partial charge in [0.25, 0.3) is 0 Å². The van der Waals surface area contributed by atoms with E-state index in [0.29, 0.717) is 6.54 Å². The van der Waals surface area contributed by atoms with Crippen LogP contribution in [0.1, 0.15) is 27.7 Å². The predicted octanol–water partition coefficient (Wildman–Crippen LogP) is 1.08. The zero-order chi connectivity index (χ0) is 10.9. The van der Waals surface area contributed by atoms with Crippen LogP contribution in [0.4, 0.5) is 4.79 Å². The zero-order valence-corrected chi connectivity index (χ0v) is 9.03. The SMILES string of the molecule is CC1C(NC(=O)OC(C)(C)C)CN1[O-]. The van der Waals surface area contributed by atoms with E-state index < -0.39 is 11.7 Å². The molecule has 0 spiro atoms. The van der Waals surface area contributed by atoms with E-state index in [1.807, 2.05) is 0 Å². The fourth-order valence-electron chi connectivity index (χ4n) is 1.20. The Labute approximate surface area is 84.0 Å². The third kappa shape index (κ3) is 2.85. The first-order valence-electron chi connectivity index (χ1n) is 4.73. The number of carbonyl (C=O) groups excluding carboxylic acids is 1. The van der Waals surface area contributed by atoms with E-state index in [9.17, 15) is 10.0 Å². The normalized spacial score (nSPS) is 28.1. The van der Waals surface area contributed by atoms with Gasteiger partial charge in [0.1, 0.15) is 5.60 Å². The Balaban J connectivity index is 2.29. The monoisotopic (exact) mass is 201 g/mol. The minimum atomic E-state index is -0.492. The van der Waals surface area contributed by atoms with Crippen molar-refractivity contribution in [1.29, 1.82) is 0 Å². The molecule has 0 saturated carbocycles. The van der Waals surface area contributed by atoms with Gasteiger partial charge in [-0.3, -0.25) is 0 Å². The molecule has 82 valence electrons. The van der Waals surface area contributed by atoms with Crippen molar-refractivity contribution in [1.82, 2.24) is 10.4 Å². The highest BCUT2D eigenvalue weighted by Crippen LogP contribution is 2.16. The quantitative estimate of drug-likeness (QED) is 0.689. The first-order valence-corrected chi connectivity index (χ1v) is 4.73. The summed E-state index contributed by atoms with van der Waals surface area (Å²) >= 11 is 0.